The highest BCUT2D eigenvalue weighted by Gasteiger charge is 2.27. The standard InChI is InChI=1S/C20H23FN2O4/c1-13(24)23-19(20(22)25)18(26-2)10-14-6-8-15(9-7-14)12-27-17-5-3-4-16(21)11-17/h3-9,11,18-19H,10,12H2,1-2H3,(H2,22,25)(H,23,24). The second-order valence-corrected chi connectivity index (χ2v) is 6.12. The Balaban J connectivity index is 1.98. The summed E-state index contributed by atoms with van der Waals surface area (Å²) in [6.45, 7) is 1.61. The molecule has 144 valence electrons. The molecule has 2 rings (SSSR count). The third kappa shape index (κ3) is 6.38. The molecule has 3 N–H and O–H groups in total. The number of hydrogen-bond acceptors (Lipinski definition) is 4. The van der Waals surface area contributed by atoms with Crippen molar-refractivity contribution in [1.29, 1.82) is 0 Å². The van der Waals surface area contributed by atoms with Crippen molar-refractivity contribution >= 4 is 11.8 Å². The van der Waals surface area contributed by atoms with Crippen LogP contribution in [0.4, 0.5) is 4.39 Å². The summed E-state index contributed by atoms with van der Waals surface area (Å²) >= 11 is 0. The van der Waals surface area contributed by atoms with E-state index in [2.05, 4.69) is 5.32 Å². The summed E-state index contributed by atoms with van der Waals surface area (Å²) in [7, 11) is 1.46. The molecule has 0 bridgehead atoms. The van der Waals surface area contributed by atoms with Crippen LogP contribution in [0.3, 0.4) is 0 Å². The van der Waals surface area contributed by atoms with Gasteiger partial charge in [0, 0.05) is 26.5 Å². The van der Waals surface area contributed by atoms with Crippen molar-refractivity contribution in [3.8, 4) is 5.75 Å². The van der Waals surface area contributed by atoms with Gasteiger partial charge in [0.15, 0.2) is 0 Å². The Morgan fingerprint density at radius 2 is 1.81 bits per heavy atom. The molecule has 2 aromatic rings. The molecule has 0 aliphatic heterocycles. The topological polar surface area (TPSA) is 90.7 Å². The lowest BCUT2D eigenvalue weighted by atomic mass is 10.0. The molecule has 6 nitrogen and oxygen atoms in total. The first kappa shape index (κ1) is 20.4. The molecule has 0 aromatic heterocycles. The fourth-order valence-electron chi connectivity index (χ4n) is 2.63. The Kier molecular flexibility index (Phi) is 7.31. The lowest BCUT2D eigenvalue weighted by molar-refractivity contribution is -0.129. The van der Waals surface area contributed by atoms with Gasteiger partial charge in [0.2, 0.25) is 11.8 Å². The van der Waals surface area contributed by atoms with Gasteiger partial charge in [0.1, 0.15) is 24.2 Å². The number of carbonyl (C=O) groups is 2. The number of benzene rings is 2. The fraction of sp³-hybridized carbons (Fsp3) is 0.300. The molecule has 0 saturated carbocycles. The van der Waals surface area contributed by atoms with E-state index in [1.807, 2.05) is 24.3 Å². The van der Waals surface area contributed by atoms with Crippen molar-refractivity contribution in [2.24, 2.45) is 5.73 Å². The third-order valence-corrected chi connectivity index (χ3v) is 4.00. The first-order valence-corrected chi connectivity index (χ1v) is 8.44. The third-order valence-electron chi connectivity index (χ3n) is 4.00. The summed E-state index contributed by atoms with van der Waals surface area (Å²) in [6, 6.07) is 12.5. The normalized spacial score (nSPS) is 12.9. The largest absolute Gasteiger partial charge is 0.489 e. The van der Waals surface area contributed by atoms with E-state index in [9.17, 15) is 14.0 Å². The Morgan fingerprint density at radius 3 is 2.37 bits per heavy atom. The second-order valence-electron chi connectivity index (χ2n) is 6.12. The molecular formula is C20H23FN2O4. The lowest BCUT2D eigenvalue weighted by Crippen LogP contribution is -2.52. The molecule has 2 unspecified atom stereocenters. The van der Waals surface area contributed by atoms with E-state index in [-0.39, 0.29) is 11.7 Å². The minimum atomic E-state index is -0.913. The first-order valence-electron chi connectivity index (χ1n) is 8.44. The van der Waals surface area contributed by atoms with Gasteiger partial charge in [-0.15, -0.1) is 0 Å². The van der Waals surface area contributed by atoms with Crippen molar-refractivity contribution in [1.82, 2.24) is 5.32 Å². The average Bonchev–Trinajstić information content (AvgIpc) is 2.63. The van der Waals surface area contributed by atoms with Gasteiger partial charge >= 0.3 is 0 Å². The van der Waals surface area contributed by atoms with E-state index in [1.54, 1.807) is 12.1 Å². The minimum Gasteiger partial charge on any atom is -0.489 e. The van der Waals surface area contributed by atoms with E-state index >= 15 is 0 Å². The van der Waals surface area contributed by atoms with Crippen molar-refractivity contribution in [3.63, 3.8) is 0 Å². The molecule has 0 radical (unpaired) electrons. The molecule has 0 aliphatic rings. The SMILES string of the molecule is COC(Cc1ccc(COc2cccc(F)c2)cc1)C(NC(C)=O)C(N)=O. The van der Waals surface area contributed by atoms with Gasteiger partial charge in [-0.2, -0.15) is 0 Å². The number of nitrogens with two attached hydrogens (primary N) is 1. The van der Waals surface area contributed by atoms with E-state index in [0.29, 0.717) is 18.8 Å². The molecule has 2 aromatic carbocycles. The summed E-state index contributed by atoms with van der Waals surface area (Å²) in [5, 5.41) is 2.52. The van der Waals surface area contributed by atoms with Gasteiger partial charge in [0.25, 0.3) is 0 Å². The number of methoxy groups -OCH3 is 1. The first-order chi connectivity index (χ1) is 12.9. The number of carbonyl (C=O) groups excluding carboxylic acids is 2. The van der Waals surface area contributed by atoms with Gasteiger partial charge < -0.3 is 20.5 Å². The van der Waals surface area contributed by atoms with Crippen LogP contribution in [0.1, 0.15) is 18.1 Å². The van der Waals surface area contributed by atoms with Gasteiger partial charge in [-0.25, -0.2) is 4.39 Å². The van der Waals surface area contributed by atoms with Gasteiger partial charge in [0.05, 0.1) is 6.10 Å². The van der Waals surface area contributed by atoms with Crippen LogP contribution in [0.25, 0.3) is 0 Å². The average molecular weight is 374 g/mol. The molecule has 27 heavy (non-hydrogen) atoms. The lowest BCUT2D eigenvalue weighted by Gasteiger charge is -2.24. The fourth-order valence-corrected chi connectivity index (χ4v) is 2.63. The van der Waals surface area contributed by atoms with Crippen LogP contribution in [-0.4, -0.2) is 31.1 Å². The molecule has 0 spiro atoms. The summed E-state index contributed by atoms with van der Waals surface area (Å²) < 4.78 is 24.1. The van der Waals surface area contributed by atoms with Crippen LogP contribution >= 0.6 is 0 Å². The van der Waals surface area contributed by atoms with E-state index in [0.717, 1.165) is 11.1 Å². The van der Waals surface area contributed by atoms with E-state index in [1.165, 1.54) is 26.2 Å². The predicted octanol–water partition coefficient (Wildman–Crippen LogP) is 1.95. The second kappa shape index (κ2) is 9.68. The Hall–Kier alpha value is -2.93. The molecule has 2 atom stereocenters. The summed E-state index contributed by atoms with van der Waals surface area (Å²) in [5.41, 5.74) is 7.19. The molecule has 7 heteroatoms. The number of primary amides is 1. The minimum absolute atomic E-state index is 0.299. The highest BCUT2D eigenvalue weighted by atomic mass is 19.1. The van der Waals surface area contributed by atoms with Crippen LogP contribution in [0, 0.1) is 5.82 Å². The monoisotopic (exact) mass is 374 g/mol. The molecular weight excluding hydrogens is 351 g/mol. The van der Waals surface area contributed by atoms with Crippen LogP contribution in [-0.2, 0) is 27.4 Å². The highest BCUT2D eigenvalue weighted by Crippen LogP contribution is 2.16. The van der Waals surface area contributed by atoms with Crippen molar-refractivity contribution in [3.05, 3.63) is 65.5 Å². The molecule has 0 fully saturated rings. The number of nitrogens with one attached hydrogen (secondary N) is 1. The maximum absolute atomic E-state index is 13.2. The van der Waals surface area contributed by atoms with Gasteiger partial charge in [-0.1, -0.05) is 30.3 Å². The zero-order valence-electron chi connectivity index (χ0n) is 15.3. The van der Waals surface area contributed by atoms with Crippen molar-refractivity contribution in [2.45, 2.75) is 32.1 Å². The predicted molar refractivity (Wildman–Crippen MR) is 98.5 cm³/mol. The maximum Gasteiger partial charge on any atom is 0.242 e. The Bertz CT molecular complexity index is 780. The number of amides is 2. The smallest absolute Gasteiger partial charge is 0.242 e. The highest BCUT2D eigenvalue weighted by molar-refractivity contribution is 5.86. The number of rotatable bonds is 9. The van der Waals surface area contributed by atoms with Crippen LogP contribution in [0.2, 0.25) is 0 Å². The maximum atomic E-state index is 13.2. The van der Waals surface area contributed by atoms with Crippen molar-refractivity contribution < 1.29 is 23.5 Å². The molecule has 0 saturated heterocycles. The van der Waals surface area contributed by atoms with E-state index < -0.39 is 18.1 Å². The number of hydrogen-bond donors (Lipinski definition) is 2. The quantitative estimate of drug-likeness (QED) is 0.702. The van der Waals surface area contributed by atoms with Crippen LogP contribution < -0.4 is 15.8 Å². The van der Waals surface area contributed by atoms with Crippen LogP contribution in [0.5, 0.6) is 5.75 Å². The van der Waals surface area contributed by atoms with Crippen molar-refractivity contribution in [2.75, 3.05) is 7.11 Å². The van der Waals surface area contributed by atoms with E-state index in [4.69, 9.17) is 15.2 Å². The number of halogens is 1. The van der Waals surface area contributed by atoms with Crippen LogP contribution in [0.15, 0.2) is 48.5 Å². The molecule has 0 aliphatic carbocycles. The molecule has 0 heterocycles. The molecule has 2 amide bonds. The van der Waals surface area contributed by atoms with Gasteiger partial charge in [-0.3, -0.25) is 9.59 Å². The zero-order valence-corrected chi connectivity index (χ0v) is 15.3. The summed E-state index contributed by atoms with van der Waals surface area (Å²) in [4.78, 5) is 22.9. The summed E-state index contributed by atoms with van der Waals surface area (Å²) in [5.74, 6) is -0.905. The zero-order chi connectivity index (χ0) is 19.8. The Morgan fingerprint density at radius 1 is 1.15 bits per heavy atom. The van der Waals surface area contributed by atoms with Gasteiger partial charge in [-0.05, 0) is 23.3 Å². The summed E-state index contributed by atoms with van der Waals surface area (Å²) in [6.07, 6.45) is -0.184. The number of ether oxygens (including phenoxy) is 2. The Labute approximate surface area is 157 Å².